The van der Waals surface area contributed by atoms with Gasteiger partial charge in [-0.2, -0.15) is 0 Å². The molecule has 3 rings (SSSR count). The molecule has 6 nitrogen and oxygen atoms in total. The zero-order valence-electron chi connectivity index (χ0n) is 13.7. The number of nitrogens with one attached hydrogen (secondary N) is 1. The largest absolute Gasteiger partial charge is 0.506 e. The van der Waals surface area contributed by atoms with Gasteiger partial charge in [0.05, 0.1) is 17.7 Å². The van der Waals surface area contributed by atoms with Crippen LogP contribution in [0.3, 0.4) is 0 Å². The molecule has 1 fully saturated rings. The fourth-order valence-electron chi connectivity index (χ4n) is 3.06. The van der Waals surface area contributed by atoms with E-state index in [9.17, 15) is 15.0 Å². The van der Waals surface area contributed by atoms with Crippen LogP contribution in [-0.2, 0) is 4.79 Å². The van der Waals surface area contributed by atoms with Crippen LogP contribution in [0.2, 0.25) is 0 Å². The Hall–Kier alpha value is -2.08. The minimum Gasteiger partial charge on any atom is -0.506 e. The summed E-state index contributed by atoms with van der Waals surface area (Å²) < 4.78 is 0. The number of aromatic amines is 1. The number of rotatable bonds is 3. The second kappa shape index (κ2) is 5.85. The molecule has 0 saturated carbocycles. The quantitative estimate of drug-likeness (QED) is 0.809. The van der Waals surface area contributed by atoms with Gasteiger partial charge in [0.2, 0.25) is 5.91 Å². The number of aliphatic hydroxyl groups excluding tert-OH is 1. The Kier molecular flexibility index (Phi) is 4.02. The van der Waals surface area contributed by atoms with Crippen molar-refractivity contribution in [1.82, 2.24) is 14.9 Å². The number of nitrogens with zero attached hydrogens (tertiary/aromatic N) is 2. The fraction of sp³-hybridized carbons (Fsp3) is 0.529. The standard InChI is InChI=1S/C17H23N3O3/c1-9(2)10(3)17(23)20-8-11(21)7-13(20)16-18-12-5-4-6-14(22)15(12)19-16/h4-6,9-11,13,21-22H,7-8H2,1-3H3,(H,18,19). The lowest BCUT2D eigenvalue weighted by atomic mass is 9.96. The van der Waals surface area contributed by atoms with Crippen molar-refractivity contribution in [3.63, 3.8) is 0 Å². The van der Waals surface area contributed by atoms with Crippen molar-refractivity contribution in [2.45, 2.75) is 39.3 Å². The molecule has 0 spiro atoms. The van der Waals surface area contributed by atoms with E-state index < -0.39 is 6.10 Å². The number of aromatic hydroxyl groups is 1. The number of carbonyl (C=O) groups is 1. The molecule has 0 bridgehead atoms. The van der Waals surface area contributed by atoms with Crippen LogP contribution >= 0.6 is 0 Å². The van der Waals surface area contributed by atoms with E-state index in [-0.39, 0.29) is 29.5 Å². The third-order valence-corrected chi connectivity index (χ3v) is 4.78. The summed E-state index contributed by atoms with van der Waals surface area (Å²) in [5.74, 6) is 0.881. The Morgan fingerprint density at radius 2 is 2.13 bits per heavy atom. The molecule has 0 radical (unpaired) electrons. The van der Waals surface area contributed by atoms with Gasteiger partial charge in [-0.3, -0.25) is 4.79 Å². The number of aromatic nitrogens is 2. The summed E-state index contributed by atoms with van der Waals surface area (Å²) in [4.78, 5) is 22.1. The van der Waals surface area contributed by atoms with Crippen LogP contribution in [0.5, 0.6) is 5.75 Å². The first kappa shape index (κ1) is 15.8. The summed E-state index contributed by atoms with van der Waals surface area (Å²) in [6.45, 7) is 6.27. The van der Waals surface area contributed by atoms with Crippen LogP contribution < -0.4 is 0 Å². The topological polar surface area (TPSA) is 89.5 Å². The highest BCUT2D eigenvalue weighted by atomic mass is 16.3. The molecule has 1 aliphatic heterocycles. The van der Waals surface area contributed by atoms with E-state index in [4.69, 9.17) is 0 Å². The highest BCUT2D eigenvalue weighted by molar-refractivity contribution is 5.82. The Balaban J connectivity index is 1.95. The second-order valence-electron chi connectivity index (χ2n) is 6.72. The number of fused-ring (bicyclic) bond motifs is 1. The van der Waals surface area contributed by atoms with E-state index in [1.165, 1.54) is 0 Å². The molecular weight excluding hydrogens is 294 g/mol. The zero-order valence-corrected chi connectivity index (χ0v) is 13.7. The molecule has 6 heteroatoms. The molecule has 2 aromatic rings. The van der Waals surface area contributed by atoms with Crippen LogP contribution in [0.4, 0.5) is 0 Å². The van der Waals surface area contributed by atoms with Gasteiger partial charge >= 0.3 is 0 Å². The highest BCUT2D eigenvalue weighted by Crippen LogP contribution is 2.34. The number of H-pyrrole nitrogens is 1. The fourth-order valence-corrected chi connectivity index (χ4v) is 3.06. The Labute approximate surface area is 135 Å². The van der Waals surface area contributed by atoms with Gasteiger partial charge < -0.3 is 20.1 Å². The highest BCUT2D eigenvalue weighted by Gasteiger charge is 2.39. The number of aliphatic hydroxyl groups is 1. The summed E-state index contributed by atoms with van der Waals surface area (Å²) in [5, 5.41) is 19.9. The lowest BCUT2D eigenvalue weighted by molar-refractivity contribution is -0.137. The Morgan fingerprint density at radius 3 is 2.78 bits per heavy atom. The number of hydrogen-bond acceptors (Lipinski definition) is 4. The summed E-state index contributed by atoms with van der Waals surface area (Å²) in [6, 6.07) is 4.87. The first-order chi connectivity index (χ1) is 10.9. The molecule has 1 amide bonds. The molecule has 124 valence electrons. The maximum Gasteiger partial charge on any atom is 0.226 e. The van der Waals surface area contributed by atoms with Crippen molar-refractivity contribution in [2.24, 2.45) is 11.8 Å². The number of phenolic OH excluding ortho intramolecular Hbond substituents is 1. The molecule has 1 aliphatic rings. The molecule has 3 N–H and O–H groups in total. The molecule has 23 heavy (non-hydrogen) atoms. The average Bonchev–Trinajstić information content (AvgIpc) is 3.09. The molecule has 3 atom stereocenters. The molecule has 2 heterocycles. The number of carbonyl (C=O) groups excluding carboxylic acids is 1. The minimum atomic E-state index is -0.551. The van der Waals surface area contributed by atoms with Gasteiger partial charge in [0.15, 0.2) is 0 Å². The van der Waals surface area contributed by atoms with E-state index >= 15 is 0 Å². The second-order valence-corrected chi connectivity index (χ2v) is 6.72. The van der Waals surface area contributed by atoms with E-state index in [1.807, 2.05) is 26.8 Å². The maximum absolute atomic E-state index is 12.7. The number of hydrogen-bond donors (Lipinski definition) is 3. The number of phenols is 1. The molecule has 1 aromatic heterocycles. The third kappa shape index (κ3) is 2.79. The predicted octanol–water partition coefficient (Wildman–Crippen LogP) is 2.19. The van der Waals surface area contributed by atoms with Crippen LogP contribution in [0.15, 0.2) is 18.2 Å². The van der Waals surface area contributed by atoms with Crippen LogP contribution in [-0.4, -0.2) is 43.6 Å². The number of β-amino-alcohol motifs (C(OH)–C–C–N with tert-alkyl or cyclic N) is 1. The van der Waals surface area contributed by atoms with E-state index in [2.05, 4.69) is 9.97 Å². The summed E-state index contributed by atoms with van der Waals surface area (Å²) in [6.07, 6.45) is -0.0953. The van der Waals surface area contributed by atoms with Gasteiger partial charge in [-0.1, -0.05) is 26.8 Å². The lowest BCUT2D eigenvalue weighted by Gasteiger charge is -2.27. The van der Waals surface area contributed by atoms with Crippen LogP contribution in [0.1, 0.15) is 39.1 Å². The van der Waals surface area contributed by atoms with Crippen molar-refractivity contribution in [1.29, 1.82) is 0 Å². The van der Waals surface area contributed by atoms with E-state index in [0.29, 0.717) is 24.3 Å². The SMILES string of the molecule is CC(C)C(C)C(=O)N1CC(O)CC1c1nc2c(O)cccc2[nH]1. The Morgan fingerprint density at radius 1 is 1.39 bits per heavy atom. The first-order valence-electron chi connectivity index (χ1n) is 8.04. The van der Waals surface area contributed by atoms with E-state index in [1.54, 1.807) is 17.0 Å². The Bertz CT molecular complexity index is 725. The average molecular weight is 317 g/mol. The number of likely N-dealkylation sites (tertiary alicyclic amines) is 1. The maximum atomic E-state index is 12.7. The van der Waals surface area contributed by atoms with Crippen molar-refractivity contribution >= 4 is 16.9 Å². The molecule has 3 unspecified atom stereocenters. The van der Waals surface area contributed by atoms with Crippen molar-refractivity contribution < 1.29 is 15.0 Å². The number of benzene rings is 1. The third-order valence-electron chi connectivity index (χ3n) is 4.78. The number of para-hydroxylation sites is 1. The smallest absolute Gasteiger partial charge is 0.226 e. The zero-order chi connectivity index (χ0) is 16.7. The molecule has 0 aliphatic carbocycles. The summed E-state index contributed by atoms with van der Waals surface area (Å²) in [7, 11) is 0. The first-order valence-corrected chi connectivity index (χ1v) is 8.04. The number of imidazole rings is 1. The van der Waals surface area contributed by atoms with Gasteiger partial charge in [0.25, 0.3) is 0 Å². The van der Waals surface area contributed by atoms with Crippen LogP contribution in [0.25, 0.3) is 11.0 Å². The minimum absolute atomic E-state index is 0.0335. The van der Waals surface area contributed by atoms with Crippen molar-refractivity contribution in [3.8, 4) is 5.75 Å². The van der Waals surface area contributed by atoms with Gasteiger partial charge in [0, 0.05) is 18.9 Å². The monoisotopic (exact) mass is 317 g/mol. The van der Waals surface area contributed by atoms with Gasteiger partial charge in [-0.15, -0.1) is 0 Å². The molecule has 1 aromatic carbocycles. The van der Waals surface area contributed by atoms with Crippen LogP contribution in [0, 0.1) is 11.8 Å². The van der Waals surface area contributed by atoms with Crippen molar-refractivity contribution in [3.05, 3.63) is 24.0 Å². The predicted molar refractivity (Wildman–Crippen MR) is 86.8 cm³/mol. The van der Waals surface area contributed by atoms with Gasteiger partial charge in [0.1, 0.15) is 17.1 Å². The van der Waals surface area contributed by atoms with E-state index in [0.717, 1.165) is 5.52 Å². The normalized spacial score (nSPS) is 22.9. The summed E-state index contributed by atoms with van der Waals surface area (Å²) >= 11 is 0. The van der Waals surface area contributed by atoms with Crippen molar-refractivity contribution in [2.75, 3.05) is 6.54 Å². The lowest BCUT2D eigenvalue weighted by Crippen LogP contribution is -2.37. The summed E-state index contributed by atoms with van der Waals surface area (Å²) in [5.41, 5.74) is 1.22. The number of amides is 1. The molecule has 1 saturated heterocycles. The van der Waals surface area contributed by atoms with Gasteiger partial charge in [-0.25, -0.2) is 4.98 Å². The molecular formula is C17H23N3O3. The van der Waals surface area contributed by atoms with Gasteiger partial charge in [-0.05, 0) is 18.1 Å².